The molecule has 2 atom stereocenters. The lowest BCUT2D eigenvalue weighted by atomic mass is 10.0. The quantitative estimate of drug-likeness (QED) is 0.749. The van der Waals surface area contributed by atoms with Crippen molar-refractivity contribution in [2.75, 3.05) is 17.4 Å². The first kappa shape index (κ1) is 18.5. The second kappa shape index (κ2) is 7.51. The summed E-state index contributed by atoms with van der Waals surface area (Å²) in [6.07, 6.45) is -0.151. The van der Waals surface area contributed by atoms with Crippen LogP contribution < -0.4 is 9.64 Å². The van der Waals surface area contributed by atoms with E-state index in [9.17, 15) is 17.9 Å². The van der Waals surface area contributed by atoms with Gasteiger partial charge in [-0.1, -0.05) is 12.1 Å². The monoisotopic (exact) mass is 381 g/mol. The van der Waals surface area contributed by atoms with Crippen molar-refractivity contribution in [3.8, 4) is 11.5 Å². The third kappa shape index (κ3) is 4.64. The summed E-state index contributed by atoms with van der Waals surface area (Å²) in [5, 5.41) is 9.42. The summed E-state index contributed by atoms with van der Waals surface area (Å²) < 4.78 is 49.9. The van der Waals surface area contributed by atoms with Crippen LogP contribution >= 0.6 is 0 Å². The van der Waals surface area contributed by atoms with Crippen molar-refractivity contribution in [1.82, 2.24) is 0 Å². The van der Waals surface area contributed by atoms with Gasteiger partial charge in [0.2, 0.25) is 5.94 Å². The van der Waals surface area contributed by atoms with Crippen LogP contribution in [0.15, 0.2) is 48.5 Å². The molecule has 0 amide bonds. The molecule has 1 fully saturated rings. The highest BCUT2D eigenvalue weighted by Crippen LogP contribution is 2.31. The van der Waals surface area contributed by atoms with Crippen molar-refractivity contribution >= 4 is 15.8 Å². The van der Waals surface area contributed by atoms with Crippen molar-refractivity contribution in [3.05, 3.63) is 54.1 Å². The van der Waals surface area contributed by atoms with E-state index in [1.165, 1.54) is 0 Å². The number of alkyl halides is 1. The zero-order valence-electron chi connectivity index (χ0n) is 14.0. The van der Waals surface area contributed by atoms with Crippen LogP contribution in [0.5, 0.6) is 11.5 Å². The van der Waals surface area contributed by atoms with Gasteiger partial charge in [0.15, 0.2) is 0 Å². The van der Waals surface area contributed by atoms with E-state index in [1.807, 2.05) is 11.0 Å². The molecule has 2 aromatic rings. The predicted molar refractivity (Wildman–Crippen MR) is 95.9 cm³/mol. The van der Waals surface area contributed by atoms with Crippen LogP contribution in [0.2, 0.25) is 0 Å². The standard InChI is InChI=1S/C18H20FNO5S/c19-17-8-9-20(14-4-6-15(21)7-5-14)18(17)11-13-2-1-3-16(10-13)25-12-26(22,23)24/h1-7,10,17-18,21H,8-9,11-12H2,(H,22,23,24). The number of phenols is 1. The molecule has 6 nitrogen and oxygen atoms in total. The molecule has 0 spiro atoms. The van der Waals surface area contributed by atoms with Crippen LogP contribution in [0.3, 0.4) is 0 Å². The van der Waals surface area contributed by atoms with Crippen LogP contribution in [0.25, 0.3) is 0 Å². The summed E-state index contributed by atoms with van der Waals surface area (Å²) in [7, 11) is -4.23. The summed E-state index contributed by atoms with van der Waals surface area (Å²) in [6.45, 7) is 0.579. The Labute approximate surface area is 151 Å². The fourth-order valence-electron chi connectivity index (χ4n) is 3.16. The van der Waals surface area contributed by atoms with Gasteiger partial charge in [-0.25, -0.2) is 4.39 Å². The minimum Gasteiger partial charge on any atom is -0.508 e. The molecule has 140 valence electrons. The molecular weight excluding hydrogens is 361 g/mol. The highest BCUT2D eigenvalue weighted by molar-refractivity contribution is 7.85. The van der Waals surface area contributed by atoms with E-state index >= 15 is 0 Å². The maximum Gasteiger partial charge on any atom is 0.300 e. The van der Waals surface area contributed by atoms with Crippen molar-refractivity contribution < 1.29 is 27.2 Å². The summed E-state index contributed by atoms with van der Waals surface area (Å²) in [4.78, 5) is 1.97. The number of halogens is 1. The fraction of sp³-hybridized carbons (Fsp3) is 0.333. The minimum absolute atomic E-state index is 0.157. The first-order chi connectivity index (χ1) is 12.3. The average Bonchev–Trinajstić information content (AvgIpc) is 2.94. The first-order valence-electron chi connectivity index (χ1n) is 8.18. The molecule has 2 unspecified atom stereocenters. The number of hydrogen-bond acceptors (Lipinski definition) is 5. The number of aromatic hydroxyl groups is 1. The van der Waals surface area contributed by atoms with Crippen molar-refractivity contribution in [1.29, 1.82) is 0 Å². The van der Waals surface area contributed by atoms with E-state index in [2.05, 4.69) is 0 Å². The van der Waals surface area contributed by atoms with Gasteiger partial charge in [-0.05, 0) is 54.8 Å². The molecule has 0 aromatic heterocycles. The van der Waals surface area contributed by atoms with Crippen LogP contribution in [0.1, 0.15) is 12.0 Å². The fourth-order valence-corrected chi connectivity index (χ4v) is 3.45. The van der Waals surface area contributed by atoms with Gasteiger partial charge in [0.1, 0.15) is 17.7 Å². The van der Waals surface area contributed by atoms with Gasteiger partial charge in [-0.3, -0.25) is 4.55 Å². The molecule has 1 aliphatic heterocycles. The molecular formula is C18H20FNO5S. The van der Waals surface area contributed by atoms with Crippen LogP contribution in [0.4, 0.5) is 10.1 Å². The number of phenolic OH excluding ortho intramolecular Hbond substituents is 1. The molecule has 0 aliphatic carbocycles. The van der Waals surface area contributed by atoms with Crippen LogP contribution in [0, 0.1) is 0 Å². The Morgan fingerprint density at radius 3 is 2.62 bits per heavy atom. The van der Waals surface area contributed by atoms with E-state index in [1.54, 1.807) is 42.5 Å². The number of rotatable bonds is 6. The summed E-state index contributed by atoms with van der Waals surface area (Å²) in [5.74, 6) is -0.375. The SMILES string of the molecule is O=S(=O)(O)COc1cccc(CC2C(F)CCN2c2ccc(O)cc2)c1. The largest absolute Gasteiger partial charge is 0.508 e. The molecule has 0 saturated carbocycles. The van der Waals surface area contributed by atoms with Crippen molar-refractivity contribution in [3.63, 3.8) is 0 Å². The highest BCUT2D eigenvalue weighted by atomic mass is 32.2. The summed E-state index contributed by atoms with van der Waals surface area (Å²) >= 11 is 0. The smallest absolute Gasteiger partial charge is 0.300 e. The normalized spacial score (nSPS) is 20.3. The number of hydrogen-bond donors (Lipinski definition) is 2. The third-order valence-corrected chi connectivity index (χ3v) is 4.78. The van der Waals surface area contributed by atoms with E-state index in [0.29, 0.717) is 25.1 Å². The van der Waals surface area contributed by atoms with Gasteiger partial charge in [-0.2, -0.15) is 8.42 Å². The Bertz CT molecular complexity index is 856. The lowest BCUT2D eigenvalue weighted by molar-refractivity contribution is 0.308. The lowest BCUT2D eigenvalue weighted by Gasteiger charge is -2.28. The van der Waals surface area contributed by atoms with Crippen molar-refractivity contribution in [2.45, 2.75) is 25.1 Å². The topological polar surface area (TPSA) is 87.1 Å². The Morgan fingerprint density at radius 2 is 1.92 bits per heavy atom. The number of benzene rings is 2. The van der Waals surface area contributed by atoms with E-state index < -0.39 is 22.2 Å². The molecule has 1 saturated heterocycles. The minimum atomic E-state index is -4.23. The average molecular weight is 381 g/mol. The molecule has 8 heteroatoms. The summed E-state index contributed by atoms with van der Waals surface area (Å²) in [6, 6.07) is 13.0. The Kier molecular flexibility index (Phi) is 5.33. The predicted octanol–water partition coefficient (Wildman–Crippen LogP) is 2.78. The van der Waals surface area contributed by atoms with E-state index in [4.69, 9.17) is 9.29 Å². The van der Waals surface area contributed by atoms with Crippen LogP contribution in [-0.2, 0) is 16.5 Å². The maximum absolute atomic E-state index is 14.5. The van der Waals surface area contributed by atoms with Gasteiger partial charge >= 0.3 is 10.1 Å². The molecule has 0 bridgehead atoms. The molecule has 0 radical (unpaired) electrons. The van der Waals surface area contributed by atoms with E-state index in [0.717, 1.165) is 11.3 Å². The summed E-state index contributed by atoms with van der Waals surface area (Å²) in [5.41, 5.74) is 1.64. The Hall–Kier alpha value is -2.32. The second-order valence-corrected chi connectivity index (χ2v) is 7.68. The van der Waals surface area contributed by atoms with Gasteiger partial charge < -0.3 is 14.7 Å². The van der Waals surface area contributed by atoms with Gasteiger partial charge in [-0.15, -0.1) is 0 Å². The number of anilines is 1. The van der Waals surface area contributed by atoms with E-state index in [-0.39, 0.29) is 11.8 Å². The lowest BCUT2D eigenvalue weighted by Crippen LogP contribution is -2.35. The number of ether oxygens (including phenoxy) is 1. The zero-order valence-corrected chi connectivity index (χ0v) is 14.8. The zero-order chi connectivity index (χ0) is 18.7. The van der Waals surface area contributed by atoms with Crippen LogP contribution in [-0.4, -0.2) is 42.8 Å². The third-order valence-electron chi connectivity index (χ3n) is 4.36. The Balaban J connectivity index is 1.74. The first-order valence-corrected chi connectivity index (χ1v) is 9.79. The molecule has 1 heterocycles. The molecule has 2 N–H and O–H groups in total. The molecule has 1 aliphatic rings. The molecule has 3 rings (SSSR count). The number of nitrogens with zero attached hydrogens (tertiary/aromatic N) is 1. The Morgan fingerprint density at radius 1 is 1.19 bits per heavy atom. The van der Waals surface area contributed by atoms with Gasteiger partial charge in [0.25, 0.3) is 0 Å². The van der Waals surface area contributed by atoms with Gasteiger partial charge in [0.05, 0.1) is 6.04 Å². The van der Waals surface area contributed by atoms with Crippen molar-refractivity contribution in [2.24, 2.45) is 0 Å². The highest BCUT2D eigenvalue weighted by Gasteiger charge is 2.34. The van der Waals surface area contributed by atoms with Gasteiger partial charge in [0, 0.05) is 12.2 Å². The molecule has 2 aromatic carbocycles. The molecule has 26 heavy (non-hydrogen) atoms. The second-order valence-electron chi connectivity index (χ2n) is 6.28. The maximum atomic E-state index is 14.5.